The van der Waals surface area contributed by atoms with Crippen molar-refractivity contribution in [2.45, 2.75) is 57.7 Å². The number of aliphatic hydroxyl groups excluding tert-OH is 2. The van der Waals surface area contributed by atoms with E-state index in [1.807, 2.05) is 13.8 Å². The zero-order valence-corrected chi connectivity index (χ0v) is 15.3. The first-order valence-electron chi connectivity index (χ1n) is 9.50. The fraction of sp³-hybridized carbons (Fsp3) is 0.714. The molecule has 3 saturated carbocycles. The second-order valence-electron chi connectivity index (χ2n) is 8.99. The molecule has 3 fully saturated rings. The van der Waals surface area contributed by atoms with Gasteiger partial charge in [0, 0.05) is 11.3 Å². The molecule has 4 rings (SSSR count). The van der Waals surface area contributed by atoms with Crippen LogP contribution in [0.1, 0.15) is 46.0 Å². The van der Waals surface area contributed by atoms with Gasteiger partial charge >= 0.3 is 0 Å². The minimum Gasteiger partial charge on any atom is -0.393 e. The molecule has 0 amide bonds. The van der Waals surface area contributed by atoms with E-state index in [1.165, 1.54) is 0 Å². The van der Waals surface area contributed by atoms with Crippen molar-refractivity contribution in [2.24, 2.45) is 28.6 Å². The van der Waals surface area contributed by atoms with Crippen LogP contribution in [0.4, 0.5) is 0 Å². The van der Waals surface area contributed by atoms with E-state index in [-0.39, 0.29) is 23.5 Å². The van der Waals surface area contributed by atoms with Crippen LogP contribution >= 0.6 is 0 Å². The summed E-state index contributed by atoms with van der Waals surface area (Å²) in [5.74, 6) is 5.21. The molecule has 0 bridgehead atoms. The standard InChI is InChI=1S/C21H26O5/c1-19-7-5-13(23)9-12(19)3-4-14-15-6-8-21(26,17(25)11-22)20(15,2)10-16(24)18(14)19/h9,14-16,18,22,24,26H,3-4,6,8,10-11H2,1-2H3/t14-,15-,16-,18+,19-,20-,21-/m0/s1. The number of ketones is 2. The van der Waals surface area contributed by atoms with Gasteiger partial charge in [-0.15, -0.1) is 0 Å². The number of fused-ring (bicyclic) bond motifs is 5. The second-order valence-corrected chi connectivity index (χ2v) is 8.99. The van der Waals surface area contributed by atoms with Gasteiger partial charge in [0.05, 0.1) is 11.5 Å². The molecular formula is C21H26O5. The van der Waals surface area contributed by atoms with Crippen LogP contribution in [-0.2, 0) is 9.59 Å². The Morgan fingerprint density at radius 2 is 2.08 bits per heavy atom. The van der Waals surface area contributed by atoms with Crippen molar-refractivity contribution in [3.8, 4) is 11.8 Å². The highest BCUT2D eigenvalue weighted by atomic mass is 16.3. The van der Waals surface area contributed by atoms with Crippen LogP contribution < -0.4 is 0 Å². The van der Waals surface area contributed by atoms with Crippen molar-refractivity contribution < 1.29 is 24.9 Å². The van der Waals surface area contributed by atoms with E-state index >= 15 is 0 Å². The Balaban J connectivity index is 1.76. The Morgan fingerprint density at radius 3 is 2.77 bits per heavy atom. The monoisotopic (exact) mass is 358 g/mol. The van der Waals surface area contributed by atoms with Gasteiger partial charge in [-0.3, -0.25) is 9.59 Å². The molecule has 4 aliphatic rings. The van der Waals surface area contributed by atoms with Crippen molar-refractivity contribution in [1.82, 2.24) is 0 Å². The molecular weight excluding hydrogens is 332 g/mol. The van der Waals surface area contributed by atoms with E-state index in [4.69, 9.17) is 0 Å². The highest BCUT2D eigenvalue weighted by molar-refractivity contribution is 6.06. The molecule has 0 aliphatic heterocycles. The van der Waals surface area contributed by atoms with Gasteiger partial charge in [0.1, 0.15) is 12.2 Å². The van der Waals surface area contributed by atoms with Crippen molar-refractivity contribution in [2.75, 3.05) is 6.61 Å². The van der Waals surface area contributed by atoms with Crippen LogP contribution in [0, 0.1) is 40.4 Å². The first-order chi connectivity index (χ1) is 12.2. The summed E-state index contributed by atoms with van der Waals surface area (Å²) < 4.78 is 0. The molecule has 5 heteroatoms. The number of carbonyl (C=O) groups excluding carboxylic acids is 2. The summed E-state index contributed by atoms with van der Waals surface area (Å²) in [6, 6.07) is 0. The van der Waals surface area contributed by atoms with Crippen LogP contribution in [0.3, 0.4) is 0 Å². The smallest absolute Gasteiger partial charge is 0.228 e. The molecule has 0 saturated heterocycles. The number of rotatable bonds is 2. The van der Waals surface area contributed by atoms with Crippen molar-refractivity contribution >= 4 is 11.6 Å². The average Bonchev–Trinajstić information content (AvgIpc) is 2.86. The molecule has 7 atom stereocenters. The molecule has 0 unspecified atom stereocenters. The summed E-state index contributed by atoms with van der Waals surface area (Å²) in [5.41, 5.74) is -1.85. The van der Waals surface area contributed by atoms with Gasteiger partial charge < -0.3 is 15.3 Å². The van der Waals surface area contributed by atoms with Gasteiger partial charge in [-0.25, -0.2) is 0 Å². The molecule has 5 nitrogen and oxygen atoms in total. The number of aliphatic hydroxyl groups is 3. The van der Waals surface area contributed by atoms with Crippen molar-refractivity contribution in [3.05, 3.63) is 11.6 Å². The van der Waals surface area contributed by atoms with Gasteiger partial charge in [-0.2, -0.15) is 0 Å². The normalized spacial score (nSPS) is 49.3. The minimum absolute atomic E-state index is 0.0919. The molecule has 26 heavy (non-hydrogen) atoms. The average molecular weight is 358 g/mol. The maximum Gasteiger partial charge on any atom is 0.228 e. The predicted octanol–water partition coefficient (Wildman–Crippen LogP) is 1.00. The Bertz CT molecular complexity index is 773. The molecule has 0 aromatic rings. The lowest BCUT2D eigenvalue weighted by Crippen LogP contribution is -2.61. The number of carbonyl (C=O) groups is 2. The van der Waals surface area contributed by atoms with Crippen molar-refractivity contribution in [3.63, 3.8) is 0 Å². The van der Waals surface area contributed by atoms with E-state index in [1.54, 1.807) is 6.08 Å². The van der Waals surface area contributed by atoms with Crippen LogP contribution in [0.25, 0.3) is 0 Å². The van der Waals surface area contributed by atoms with Gasteiger partial charge in [0.15, 0.2) is 5.78 Å². The highest BCUT2D eigenvalue weighted by Gasteiger charge is 2.68. The third-order valence-corrected chi connectivity index (χ3v) is 8.04. The van der Waals surface area contributed by atoms with Gasteiger partial charge in [-0.1, -0.05) is 12.8 Å². The van der Waals surface area contributed by atoms with Gasteiger partial charge in [0.25, 0.3) is 0 Å². The van der Waals surface area contributed by atoms with Crippen LogP contribution in [-0.4, -0.2) is 45.2 Å². The van der Waals surface area contributed by atoms with Crippen molar-refractivity contribution in [1.29, 1.82) is 0 Å². The molecule has 0 heterocycles. The SMILES string of the molecule is C[C@]12C#CC(=O)C=C1CC[C@@H]1[C@@H]2[C@@H](O)C[C@@]2(C)[C@H]1CC[C@]2(O)C(=O)CO. The molecule has 3 N–H and O–H groups in total. The summed E-state index contributed by atoms with van der Waals surface area (Å²) >= 11 is 0. The molecule has 0 radical (unpaired) electrons. The van der Waals surface area contributed by atoms with Crippen LogP contribution in [0.5, 0.6) is 0 Å². The summed E-state index contributed by atoms with van der Waals surface area (Å²) in [4.78, 5) is 24.1. The van der Waals surface area contributed by atoms with Gasteiger partial charge in [-0.05, 0) is 68.4 Å². The second kappa shape index (κ2) is 5.51. The minimum atomic E-state index is -1.58. The summed E-state index contributed by atoms with van der Waals surface area (Å²) in [5, 5.41) is 31.6. The van der Waals surface area contributed by atoms with Crippen LogP contribution in [0.2, 0.25) is 0 Å². The Morgan fingerprint density at radius 1 is 1.35 bits per heavy atom. The molecule has 140 valence electrons. The lowest BCUT2D eigenvalue weighted by Gasteiger charge is -2.58. The fourth-order valence-corrected chi connectivity index (χ4v) is 6.73. The first-order valence-corrected chi connectivity index (χ1v) is 9.50. The Kier molecular flexibility index (Phi) is 3.80. The summed E-state index contributed by atoms with van der Waals surface area (Å²) in [6.07, 6.45) is 3.83. The highest BCUT2D eigenvalue weighted by Crippen LogP contribution is 2.66. The Hall–Kier alpha value is -1.48. The van der Waals surface area contributed by atoms with E-state index < -0.39 is 34.9 Å². The number of hydrogen-bond donors (Lipinski definition) is 3. The van der Waals surface area contributed by atoms with Gasteiger partial charge in [0.2, 0.25) is 5.78 Å². The van der Waals surface area contributed by atoms with E-state index in [0.29, 0.717) is 19.3 Å². The molecule has 0 aromatic heterocycles. The van der Waals surface area contributed by atoms with Crippen LogP contribution in [0.15, 0.2) is 11.6 Å². The topological polar surface area (TPSA) is 94.8 Å². The molecule has 4 aliphatic carbocycles. The first kappa shape index (κ1) is 17.9. The fourth-order valence-electron chi connectivity index (χ4n) is 6.73. The van der Waals surface area contributed by atoms with E-state index in [0.717, 1.165) is 18.4 Å². The third kappa shape index (κ3) is 2.04. The zero-order valence-electron chi connectivity index (χ0n) is 15.3. The maximum absolute atomic E-state index is 12.3. The van der Waals surface area contributed by atoms with E-state index in [2.05, 4.69) is 11.8 Å². The zero-order chi connectivity index (χ0) is 18.9. The summed E-state index contributed by atoms with van der Waals surface area (Å²) in [7, 11) is 0. The lowest BCUT2D eigenvalue weighted by atomic mass is 9.46. The number of allylic oxidation sites excluding steroid dienone is 2. The number of Topliss-reactive ketones (excluding diaryl/α,β-unsaturated/α-hetero) is 1. The lowest BCUT2D eigenvalue weighted by molar-refractivity contribution is -0.178. The molecule has 0 aromatic carbocycles. The predicted molar refractivity (Wildman–Crippen MR) is 93.7 cm³/mol. The largest absolute Gasteiger partial charge is 0.393 e. The quantitative estimate of drug-likeness (QED) is 0.506. The Labute approximate surface area is 153 Å². The summed E-state index contributed by atoms with van der Waals surface area (Å²) in [6.45, 7) is 3.23. The van der Waals surface area contributed by atoms with E-state index in [9.17, 15) is 24.9 Å². The molecule has 0 spiro atoms. The maximum atomic E-state index is 12.3. The number of hydrogen-bond acceptors (Lipinski definition) is 5. The third-order valence-electron chi connectivity index (χ3n) is 8.04.